The lowest BCUT2D eigenvalue weighted by Gasteiger charge is -2.27. The molecule has 0 radical (unpaired) electrons. The number of nitrogen functional groups attached to an aromatic ring is 2. The van der Waals surface area contributed by atoms with Crippen LogP contribution in [0.15, 0.2) is 6.07 Å². The van der Waals surface area contributed by atoms with Gasteiger partial charge < -0.3 is 16.1 Å². The van der Waals surface area contributed by atoms with Crippen molar-refractivity contribution in [1.29, 1.82) is 0 Å². The van der Waals surface area contributed by atoms with Crippen LogP contribution in [0.1, 0.15) is 27.2 Å². The molecule has 5 N–H and O–H groups in total. The summed E-state index contributed by atoms with van der Waals surface area (Å²) in [5.41, 5.74) is 8.11. The van der Waals surface area contributed by atoms with Crippen molar-refractivity contribution in [3.8, 4) is 0 Å². The van der Waals surface area contributed by atoms with Crippen LogP contribution < -0.4 is 21.9 Å². The third-order valence-electron chi connectivity index (χ3n) is 2.71. The molecule has 1 unspecified atom stereocenters. The van der Waals surface area contributed by atoms with E-state index in [2.05, 4.69) is 41.1 Å². The fourth-order valence-electron chi connectivity index (χ4n) is 1.77. The van der Waals surface area contributed by atoms with Crippen molar-refractivity contribution in [2.24, 2.45) is 11.8 Å². The maximum absolute atomic E-state index is 5.63. The number of hydrogen-bond acceptors (Lipinski definition) is 6. The van der Waals surface area contributed by atoms with E-state index >= 15 is 0 Å². The van der Waals surface area contributed by atoms with Crippen LogP contribution >= 0.6 is 0 Å². The quantitative estimate of drug-likeness (QED) is 0.527. The molecule has 1 rings (SSSR count). The molecule has 0 aliphatic rings. The van der Waals surface area contributed by atoms with Crippen molar-refractivity contribution >= 4 is 17.6 Å². The number of hydrogen-bond donors (Lipinski definition) is 3. The number of rotatable bonds is 5. The summed E-state index contributed by atoms with van der Waals surface area (Å²) in [4.78, 5) is 10.2. The Morgan fingerprint density at radius 1 is 1.35 bits per heavy atom. The average Bonchev–Trinajstić information content (AvgIpc) is 2.26. The smallest absolute Gasteiger partial charge is 0.223 e. The zero-order valence-electron chi connectivity index (χ0n) is 10.9. The fraction of sp³-hybridized carbons (Fsp3) is 0.636. The Bertz CT molecular complexity index is 365. The number of nitrogens with zero attached hydrogens (tertiary/aromatic N) is 3. The first kappa shape index (κ1) is 13.5. The Balaban J connectivity index is 2.87. The second-order valence-corrected chi connectivity index (χ2v) is 4.70. The van der Waals surface area contributed by atoms with Gasteiger partial charge in [0.25, 0.3) is 0 Å². The predicted octanol–water partition coefficient (Wildman–Crippen LogP) is 1.22. The minimum atomic E-state index is 0.221. The van der Waals surface area contributed by atoms with Gasteiger partial charge in [-0.05, 0) is 19.3 Å². The van der Waals surface area contributed by atoms with Crippen LogP contribution in [0.3, 0.4) is 0 Å². The highest BCUT2D eigenvalue weighted by Crippen LogP contribution is 2.19. The minimum absolute atomic E-state index is 0.221. The fourth-order valence-corrected chi connectivity index (χ4v) is 1.77. The highest BCUT2D eigenvalue weighted by Gasteiger charge is 2.14. The summed E-state index contributed by atoms with van der Waals surface area (Å²) in [6.45, 7) is 6.56. The van der Waals surface area contributed by atoms with Gasteiger partial charge in [0, 0.05) is 19.2 Å². The van der Waals surface area contributed by atoms with Crippen molar-refractivity contribution < 1.29 is 0 Å². The van der Waals surface area contributed by atoms with Gasteiger partial charge in [0.05, 0.1) is 0 Å². The normalized spacial score (nSPS) is 12.6. The molecule has 0 aromatic carbocycles. The zero-order chi connectivity index (χ0) is 13.0. The van der Waals surface area contributed by atoms with E-state index in [9.17, 15) is 0 Å². The van der Waals surface area contributed by atoms with Crippen LogP contribution in [-0.2, 0) is 0 Å². The lowest BCUT2D eigenvalue weighted by Crippen LogP contribution is -2.31. The molecule has 0 aliphatic carbocycles. The number of anilines is 3. The first-order valence-corrected chi connectivity index (χ1v) is 5.78. The first-order valence-electron chi connectivity index (χ1n) is 5.78. The molecule has 0 saturated heterocycles. The molecule has 96 valence electrons. The van der Waals surface area contributed by atoms with Crippen LogP contribution in [0, 0.1) is 5.92 Å². The van der Waals surface area contributed by atoms with Crippen molar-refractivity contribution in [2.45, 2.75) is 33.2 Å². The molecule has 1 aromatic rings. The maximum Gasteiger partial charge on any atom is 0.223 e. The van der Waals surface area contributed by atoms with Gasteiger partial charge >= 0.3 is 0 Å². The molecule has 0 saturated carbocycles. The Morgan fingerprint density at radius 2 is 2.00 bits per heavy atom. The summed E-state index contributed by atoms with van der Waals surface area (Å²) < 4.78 is 0. The van der Waals surface area contributed by atoms with E-state index in [4.69, 9.17) is 11.6 Å². The molecular formula is C11H22N6. The van der Waals surface area contributed by atoms with Crippen LogP contribution in [-0.4, -0.2) is 23.1 Å². The molecule has 6 nitrogen and oxygen atoms in total. The second-order valence-electron chi connectivity index (χ2n) is 4.70. The number of nitrogens with two attached hydrogens (primary N) is 2. The molecule has 0 bridgehead atoms. The standard InChI is InChI=1S/C11H22N6/c1-7(2)5-8(3)17(4)10-6-9(16-13)14-11(12)15-10/h6-8H,5,13H2,1-4H3,(H3,12,14,15,16). The Labute approximate surface area is 102 Å². The predicted molar refractivity (Wildman–Crippen MR) is 71.6 cm³/mol. The molecule has 6 heteroatoms. The zero-order valence-corrected chi connectivity index (χ0v) is 10.9. The van der Waals surface area contributed by atoms with Crippen LogP contribution in [0.2, 0.25) is 0 Å². The molecule has 0 spiro atoms. The summed E-state index contributed by atoms with van der Waals surface area (Å²) in [5.74, 6) is 7.49. The molecule has 17 heavy (non-hydrogen) atoms. The van der Waals surface area contributed by atoms with E-state index < -0.39 is 0 Å². The van der Waals surface area contributed by atoms with E-state index in [0.717, 1.165) is 12.2 Å². The summed E-state index contributed by atoms with van der Waals surface area (Å²) >= 11 is 0. The lowest BCUT2D eigenvalue weighted by molar-refractivity contribution is 0.502. The molecular weight excluding hydrogens is 216 g/mol. The van der Waals surface area contributed by atoms with Crippen LogP contribution in [0.25, 0.3) is 0 Å². The average molecular weight is 238 g/mol. The van der Waals surface area contributed by atoms with Gasteiger partial charge in [-0.25, -0.2) is 5.84 Å². The minimum Gasteiger partial charge on any atom is -0.368 e. The van der Waals surface area contributed by atoms with Crippen LogP contribution in [0.5, 0.6) is 0 Å². The van der Waals surface area contributed by atoms with E-state index in [1.165, 1.54) is 0 Å². The van der Waals surface area contributed by atoms with Crippen molar-refractivity contribution in [1.82, 2.24) is 9.97 Å². The Kier molecular flexibility index (Phi) is 4.51. The number of nitrogens with one attached hydrogen (secondary N) is 1. The van der Waals surface area contributed by atoms with Gasteiger partial charge in [-0.3, -0.25) is 0 Å². The maximum atomic E-state index is 5.63. The number of hydrazine groups is 1. The lowest BCUT2D eigenvalue weighted by atomic mass is 10.0. The first-order chi connectivity index (χ1) is 7.93. The van der Waals surface area contributed by atoms with E-state index in [-0.39, 0.29) is 5.95 Å². The van der Waals surface area contributed by atoms with Crippen molar-refractivity contribution in [3.63, 3.8) is 0 Å². The topological polar surface area (TPSA) is 93.1 Å². The summed E-state index contributed by atoms with van der Waals surface area (Å²) in [6, 6.07) is 2.17. The van der Waals surface area contributed by atoms with E-state index in [1.54, 1.807) is 6.07 Å². The summed E-state index contributed by atoms with van der Waals surface area (Å²) in [7, 11) is 2.00. The van der Waals surface area contributed by atoms with E-state index in [1.807, 2.05) is 7.05 Å². The largest absolute Gasteiger partial charge is 0.368 e. The van der Waals surface area contributed by atoms with Gasteiger partial charge in [-0.1, -0.05) is 13.8 Å². The Hall–Kier alpha value is -1.56. The van der Waals surface area contributed by atoms with Gasteiger partial charge in [-0.15, -0.1) is 0 Å². The Morgan fingerprint density at radius 3 is 2.53 bits per heavy atom. The van der Waals surface area contributed by atoms with Crippen molar-refractivity contribution in [2.75, 3.05) is 23.1 Å². The monoisotopic (exact) mass is 238 g/mol. The second kappa shape index (κ2) is 5.67. The van der Waals surface area contributed by atoms with Gasteiger partial charge in [0.2, 0.25) is 5.95 Å². The van der Waals surface area contributed by atoms with Gasteiger partial charge in [0.1, 0.15) is 11.6 Å². The van der Waals surface area contributed by atoms with Gasteiger partial charge in [0.15, 0.2) is 0 Å². The molecule has 0 fully saturated rings. The van der Waals surface area contributed by atoms with Crippen molar-refractivity contribution in [3.05, 3.63) is 6.07 Å². The number of aromatic nitrogens is 2. The van der Waals surface area contributed by atoms with E-state index in [0.29, 0.717) is 17.8 Å². The molecule has 1 aromatic heterocycles. The third kappa shape index (κ3) is 3.74. The highest BCUT2D eigenvalue weighted by atomic mass is 15.3. The summed E-state index contributed by atoms with van der Waals surface area (Å²) in [5, 5.41) is 0. The summed E-state index contributed by atoms with van der Waals surface area (Å²) in [6.07, 6.45) is 1.09. The highest BCUT2D eigenvalue weighted by molar-refractivity contribution is 5.52. The van der Waals surface area contributed by atoms with Gasteiger partial charge in [-0.2, -0.15) is 9.97 Å². The van der Waals surface area contributed by atoms with Crippen LogP contribution in [0.4, 0.5) is 17.6 Å². The SMILES string of the molecule is CC(C)CC(C)N(C)c1cc(NN)nc(N)n1. The third-order valence-corrected chi connectivity index (χ3v) is 2.71. The molecule has 0 amide bonds. The molecule has 1 heterocycles. The molecule has 0 aliphatic heterocycles. The molecule has 1 atom stereocenters.